The number of nitrogens with zero attached hydrogens (tertiary/aromatic N) is 4. The largest absolute Gasteiger partial charge is 0.386 e. The molecule has 0 saturated carbocycles. The Morgan fingerprint density at radius 1 is 1.29 bits per heavy atom. The van der Waals surface area contributed by atoms with E-state index in [0.717, 1.165) is 12.1 Å². The summed E-state index contributed by atoms with van der Waals surface area (Å²) in [6.45, 7) is 0.0923. The second kappa shape index (κ2) is 5.01. The molecule has 5 rings (SSSR count). The van der Waals surface area contributed by atoms with E-state index in [1.54, 1.807) is 10.7 Å². The minimum absolute atomic E-state index is 0.0123. The third kappa shape index (κ3) is 1.77. The molecule has 6 heteroatoms. The highest BCUT2D eigenvalue weighted by Gasteiger charge is 2.41. The Kier molecular flexibility index (Phi) is 2.91. The Hall–Kier alpha value is -2.47. The lowest BCUT2D eigenvalue weighted by molar-refractivity contribution is 0.0525. The second-order valence-electron chi connectivity index (χ2n) is 6.53. The van der Waals surface area contributed by atoms with E-state index < -0.39 is 12.8 Å². The molecule has 0 aliphatic carbocycles. The van der Waals surface area contributed by atoms with Crippen LogP contribution in [0.25, 0.3) is 11.3 Å². The third-order valence-corrected chi connectivity index (χ3v) is 5.31. The van der Waals surface area contributed by atoms with Crippen LogP contribution in [0.15, 0.2) is 42.9 Å². The monoisotopic (exact) mass is 324 g/mol. The zero-order chi connectivity index (χ0) is 16.3. The summed E-state index contributed by atoms with van der Waals surface area (Å²) in [5, 5.41) is 15.2. The number of aliphatic hydroxyl groups is 1. The van der Waals surface area contributed by atoms with E-state index in [9.17, 15) is 9.50 Å². The molecule has 2 aliphatic heterocycles. The summed E-state index contributed by atoms with van der Waals surface area (Å²) in [6.07, 6.45) is 3.83. The maximum Gasteiger partial charge on any atom is 0.133 e. The highest BCUT2D eigenvalue weighted by atomic mass is 19.1. The predicted octanol–water partition coefficient (Wildman–Crippen LogP) is 2.87. The zero-order valence-corrected chi connectivity index (χ0v) is 13.0. The summed E-state index contributed by atoms with van der Waals surface area (Å²) in [4.78, 5) is 4.29. The fraction of sp³-hybridized carbons (Fsp3) is 0.333. The Bertz CT molecular complexity index is 915. The first-order chi connectivity index (χ1) is 11.8. The standard InChI is InChI=1S/C18H17FN4O/c19-8-11-7-15-18(24)14(5-6-23(15)21-11)17-13-4-2-1-3-12(13)16-9-20-10-22(16)17/h1-4,7,9-10,14,17-18,24H,5-6,8H2. The number of hydrogen-bond donors (Lipinski definition) is 1. The van der Waals surface area contributed by atoms with Crippen LogP contribution in [0.1, 0.15) is 35.5 Å². The van der Waals surface area contributed by atoms with E-state index >= 15 is 0 Å². The topological polar surface area (TPSA) is 55.9 Å². The van der Waals surface area contributed by atoms with Crippen molar-refractivity contribution in [2.75, 3.05) is 0 Å². The van der Waals surface area contributed by atoms with Gasteiger partial charge >= 0.3 is 0 Å². The molecule has 3 unspecified atom stereocenters. The number of halogens is 1. The number of benzene rings is 1. The number of fused-ring (bicyclic) bond motifs is 4. The molecule has 0 saturated heterocycles. The van der Waals surface area contributed by atoms with Crippen molar-refractivity contribution in [2.45, 2.75) is 31.8 Å². The third-order valence-electron chi connectivity index (χ3n) is 5.31. The summed E-state index contributed by atoms with van der Waals surface area (Å²) in [6, 6.07) is 10.0. The van der Waals surface area contributed by atoms with E-state index in [1.807, 2.05) is 24.7 Å². The molecule has 3 atom stereocenters. The molecule has 0 bridgehead atoms. The summed E-state index contributed by atoms with van der Waals surface area (Å²) in [5.74, 6) is 0.0123. The van der Waals surface area contributed by atoms with Crippen molar-refractivity contribution in [3.05, 3.63) is 59.8 Å². The highest BCUT2D eigenvalue weighted by Crippen LogP contribution is 2.48. The Morgan fingerprint density at radius 3 is 3.04 bits per heavy atom. The Labute approximate surface area is 138 Å². The molecule has 0 amide bonds. The van der Waals surface area contributed by atoms with Gasteiger partial charge in [-0.05, 0) is 18.1 Å². The summed E-state index contributed by atoms with van der Waals surface area (Å²) >= 11 is 0. The molecule has 1 N–H and O–H groups in total. The second-order valence-corrected chi connectivity index (χ2v) is 6.53. The van der Waals surface area contributed by atoms with E-state index in [1.165, 1.54) is 11.1 Å². The number of imidazole rings is 1. The van der Waals surface area contributed by atoms with Crippen molar-refractivity contribution in [3.63, 3.8) is 0 Å². The van der Waals surface area contributed by atoms with Crippen LogP contribution in [0.5, 0.6) is 0 Å². The number of aromatic nitrogens is 4. The molecule has 2 aliphatic rings. The average molecular weight is 324 g/mol. The van der Waals surface area contributed by atoms with Gasteiger partial charge in [-0.15, -0.1) is 0 Å². The number of aliphatic hydroxyl groups excluding tert-OH is 1. The van der Waals surface area contributed by atoms with E-state index in [0.29, 0.717) is 17.9 Å². The van der Waals surface area contributed by atoms with Gasteiger partial charge in [-0.1, -0.05) is 24.3 Å². The van der Waals surface area contributed by atoms with Gasteiger partial charge in [0.15, 0.2) is 0 Å². The minimum Gasteiger partial charge on any atom is -0.386 e. The SMILES string of the molecule is OC1c2cc(CF)nn2CCC1C1c2ccccc2-c2cncn21. The molecule has 0 fully saturated rings. The smallest absolute Gasteiger partial charge is 0.133 e. The van der Waals surface area contributed by atoms with Crippen LogP contribution in [0, 0.1) is 5.92 Å². The first kappa shape index (κ1) is 13.9. The molecular weight excluding hydrogens is 307 g/mol. The van der Waals surface area contributed by atoms with Gasteiger partial charge in [0.25, 0.3) is 0 Å². The number of hydrogen-bond acceptors (Lipinski definition) is 3. The molecule has 0 spiro atoms. The highest BCUT2D eigenvalue weighted by molar-refractivity contribution is 5.69. The van der Waals surface area contributed by atoms with Gasteiger partial charge in [0.1, 0.15) is 12.8 Å². The maximum absolute atomic E-state index is 12.9. The van der Waals surface area contributed by atoms with E-state index in [2.05, 4.69) is 26.8 Å². The van der Waals surface area contributed by atoms with Crippen molar-refractivity contribution < 1.29 is 9.50 Å². The molecule has 24 heavy (non-hydrogen) atoms. The number of rotatable bonds is 2. The quantitative estimate of drug-likeness (QED) is 0.788. The molecule has 5 nitrogen and oxygen atoms in total. The Balaban J connectivity index is 1.60. The lowest BCUT2D eigenvalue weighted by atomic mass is 9.83. The van der Waals surface area contributed by atoms with Crippen LogP contribution in [0.4, 0.5) is 4.39 Å². The van der Waals surface area contributed by atoms with Crippen molar-refractivity contribution in [1.82, 2.24) is 19.3 Å². The van der Waals surface area contributed by atoms with Crippen LogP contribution < -0.4 is 0 Å². The van der Waals surface area contributed by atoms with Gasteiger partial charge in [0.05, 0.1) is 35.6 Å². The summed E-state index contributed by atoms with van der Waals surface area (Å²) in [5.41, 5.74) is 4.59. The minimum atomic E-state index is -0.669. The van der Waals surface area contributed by atoms with Crippen molar-refractivity contribution in [2.24, 2.45) is 5.92 Å². The van der Waals surface area contributed by atoms with Gasteiger partial charge in [0.2, 0.25) is 0 Å². The molecule has 122 valence electrons. The van der Waals surface area contributed by atoms with Gasteiger partial charge in [0, 0.05) is 18.0 Å². The molecule has 1 aromatic carbocycles. The fourth-order valence-electron chi connectivity index (χ4n) is 4.26. The first-order valence-corrected chi connectivity index (χ1v) is 8.19. The lowest BCUT2D eigenvalue weighted by Gasteiger charge is -2.34. The van der Waals surface area contributed by atoms with E-state index in [-0.39, 0.29) is 12.0 Å². The molecule has 2 aromatic heterocycles. The van der Waals surface area contributed by atoms with Gasteiger partial charge in [-0.25, -0.2) is 9.37 Å². The lowest BCUT2D eigenvalue weighted by Crippen LogP contribution is -2.31. The number of aryl methyl sites for hydroxylation is 1. The van der Waals surface area contributed by atoms with Crippen LogP contribution >= 0.6 is 0 Å². The zero-order valence-electron chi connectivity index (χ0n) is 13.0. The van der Waals surface area contributed by atoms with Crippen molar-refractivity contribution in [3.8, 4) is 11.3 Å². The molecule has 3 aromatic rings. The van der Waals surface area contributed by atoms with Crippen LogP contribution in [-0.2, 0) is 13.2 Å². The molecule has 4 heterocycles. The van der Waals surface area contributed by atoms with Crippen LogP contribution in [0.2, 0.25) is 0 Å². The number of alkyl halides is 1. The van der Waals surface area contributed by atoms with Gasteiger partial charge < -0.3 is 9.67 Å². The maximum atomic E-state index is 12.9. The van der Waals surface area contributed by atoms with Crippen molar-refractivity contribution in [1.29, 1.82) is 0 Å². The van der Waals surface area contributed by atoms with Gasteiger partial charge in [-0.2, -0.15) is 5.10 Å². The normalized spacial score (nSPS) is 24.5. The van der Waals surface area contributed by atoms with Gasteiger partial charge in [-0.3, -0.25) is 4.68 Å². The molecule has 0 radical (unpaired) electrons. The predicted molar refractivity (Wildman–Crippen MR) is 85.9 cm³/mol. The van der Waals surface area contributed by atoms with Crippen LogP contribution in [0.3, 0.4) is 0 Å². The van der Waals surface area contributed by atoms with E-state index in [4.69, 9.17) is 0 Å². The van der Waals surface area contributed by atoms with Crippen LogP contribution in [-0.4, -0.2) is 24.4 Å². The fourth-order valence-corrected chi connectivity index (χ4v) is 4.26. The molecular formula is C18H17FN4O. The van der Waals surface area contributed by atoms with Crippen molar-refractivity contribution >= 4 is 0 Å². The summed E-state index contributed by atoms with van der Waals surface area (Å²) < 4.78 is 16.8. The first-order valence-electron chi connectivity index (χ1n) is 8.19. The average Bonchev–Trinajstić information content (AvgIpc) is 3.29. The Morgan fingerprint density at radius 2 is 2.17 bits per heavy atom. The summed E-state index contributed by atoms with van der Waals surface area (Å²) in [7, 11) is 0.